The minimum atomic E-state index is -0.810. The fraction of sp³-hybridized carbons (Fsp3) is 0.600. The summed E-state index contributed by atoms with van der Waals surface area (Å²) in [6.45, 7) is 5.01. The molecule has 1 rings (SSSR count). The molecule has 6 heteroatoms. The summed E-state index contributed by atoms with van der Waals surface area (Å²) in [5.74, 6) is -0.750. The zero-order valence-corrected chi connectivity index (χ0v) is 11.3. The summed E-state index contributed by atoms with van der Waals surface area (Å²) < 4.78 is 2.08. The van der Waals surface area contributed by atoms with Gasteiger partial charge in [-0.3, -0.25) is 4.79 Å². The summed E-state index contributed by atoms with van der Waals surface area (Å²) in [7, 11) is 0. The van der Waals surface area contributed by atoms with Crippen LogP contribution in [0.4, 0.5) is 0 Å². The van der Waals surface area contributed by atoms with Crippen LogP contribution in [0, 0.1) is 6.92 Å². The lowest BCUT2D eigenvalue weighted by Crippen LogP contribution is -2.12. The van der Waals surface area contributed by atoms with Crippen LogP contribution in [-0.2, 0) is 11.3 Å². The van der Waals surface area contributed by atoms with E-state index >= 15 is 0 Å². The molecule has 1 aromatic rings. The lowest BCUT2D eigenvalue weighted by molar-refractivity contribution is -0.133. The minimum Gasteiger partial charge on any atom is -0.481 e. The van der Waals surface area contributed by atoms with Crippen molar-refractivity contribution in [2.75, 3.05) is 12.0 Å². The van der Waals surface area contributed by atoms with Crippen LogP contribution in [0.2, 0.25) is 0 Å². The predicted molar refractivity (Wildman–Crippen MR) is 68.3 cm³/mol. The minimum absolute atomic E-state index is 0.0596. The van der Waals surface area contributed by atoms with Crippen LogP contribution in [0.15, 0.2) is 11.4 Å². The monoisotopic (exact) mass is 260 g/mol. The molecule has 1 atom stereocenters. The quantitative estimate of drug-likeness (QED) is 0.794. The van der Waals surface area contributed by atoms with Gasteiger partial charge in [0.2, 0.25) is 0 Å². The van der Waals surface area contributed by atoms with Gasteiger partial charge in [0.25, 0.3) is 0 Å². The number of rotatable bonds is 6. The molecular formula is C10H16N2O2S2. The molecule has 1 N–H and O–H groups in total. The molecule has 0 spiro atoms. The highest BCUT2D eigenvalue weighted by atomic mass is 32.2. The van der Waals surface area contributed by atoms with Crippen molar-refractivity contribution in [2.45, 2.75) is 30.8 Å². The molecule has 0 amide bonds. The second-order valence-corrected chi connectivity index (χ2v) is 5.74. The SMILES string of the molecule is CSC(C)Cn1c(C)cnc1SCC(=O)O. The van der Waals surface area contributed by atoms with Crippen LogP contribution < -0.4 is 0 Å². The highest BCUT2D eigenvalue weighted by molar-refractivity contribution is 7.99. The van der Waals surface area contributed by atoms with E-state index in [2.05, 4.69) is 22.7 Å². The van der Waals surface area contributed by atoms with E-state index in [1.807, 2.05) is 6.92 Å². The van der Waals surface area contributed by atoms with Crippen LogP contribution >= 0.6 is 23.5 Å². The first kappa shape index (κ1) is 13.4. The number of aliphatic carboxylic acids is 1. The summed E-state index contributed by atoms with van der Waals surface area (Å²) >= 11 is 3.06. The van der Waals surface area contributed by atoms with E-state index in [4.69, 9.17) is 5.11 Å². The van der Waals surface area contributed by atoms with Gasteiger partial charge in [-0.2, -0.15) is 11.8 Å². The van der Waals surface area contributed by atoms with Crippen molar-refractivity contribution in [3.05, 3.63) is 11.9 Å². The fourth-order valence-electron chi connectivity index (χ4n) is 1.23. The Hall–Kier alpha value is -0.620. The van der Waals surface area contributed by atoms with Crippen molar-refractivity contribution >= 4 is 29.5 Å². The topological polar surface area (TPSA) is 55.1 Å². The van der Waals surface area contributed by atoms with Gasteiger partial charge < -0.3 is 9.67 Å². The highest BCUT2D eigenvalue weighted by Gasteiger charge is 2.11. The Kier molecular flexibility index (Phi) is 5.21. The van der Waals surface area contributed by atoms with Gasteiger partial charge in [0.05, 0.1) is 5.75 Å². The molecule has 0 aliphatic carbocycles. The van der Waals surface area contributed by atoms with Crippen LogP contribution in [0.3, 0.4) is 0 Å². The number of imidazole rings is 1. The summed E-state index contributed by atoms with van der Waals surface area (Å²) in [5, 5.41) is 9.93. The third-order valence-corrected chi connectivity index (χ3v) is 4.11. The maximum Gasteiger partial charge on any atom is 0.313 e. The van der Waals surface area contributed by atoms with E-state index < -0.39 is 5.97 Å². The number of carboxylic acid groups (broad SMARTS) is 1. The van der Waals surface area contributed by atoms with Gasteiger partial charge in [0.15, 0.2) is 5.16 Å². The Bertz CT molecular complexity index is 366. The lowest BCUT2D eigenvalue weighted by atomic mass is 10.4. The summed E-state index contributed by atoms with van der Waals surface area (Å²) in [5.41, 5.74) is 1.08. The number of nitrogens with zero attached hydrogens (tertiary/aromatic N) is 2. The van der Waals surface area contributed by atoms with Gasteiger partial charge in [-0.15, -0.1) is 0 Å². The first-order chi connectivity index (χ1) is 7.54. The third kappa shape index (κ3) is 3.75. The molecule has 16 heavy (non-hydrogen) atoms. The number of carbonyl (C=O) groups is 1. The average Bonchev–Trinajstić information content (AvgIpc) is 2.57. The molecular weight excluding hydrogens is 244 g/mol. The Morgan fingerprint density at radius 1 is 1.69 bits per heavy atom. The van der Waals surface area contributed by atoms with Crippen LogP contribution in [0.25, 0.3) is 0 Å². The highest BCUT2D eigenvalue weighted by Crippen LogP contribution is 2.20. The van der Waals surface area contributed by atoms with E-state index in [-0.39, 0.29) is 5.75 Å². The standard InChI is InChI=1S/C10H16N2O2S2/c1-7-4-11-10(16-6-9(13)14)12(7)5-8(2)15-3/h4,8H,5-6H2,1-3H3,(H,13,14). The van der Waals surface area contributed by atoms with Crippen molar-refractivity contribution in [3.63, 3.8) is 0 Å². The smallest absolute Gasteiger partial charge is 0.313 e. The zero-order chi connectivity index (χ0) is 12.1. The lowest BCUT2D eigenvalue weighted by Gasteiger charge is -2.13. The van der Waals surface area contributed by atoms with Gasteiger partial charge in [-0.25, -0.2) is 4.98 Å². The van der Waals surface area contributed by atoms with E-state index in [0.717, 1.165) is 17.4 Å². The Morgan fingerprint density at radius 2 is 2.38 bits per heavy atom. The van der Waals surface area contributed by atoms with Crippen molar-refractivity contribution < 1.29 is 9.90 Å². The van der Waals surface area contributed by atoms with Crippen molar-refractivity contribution in [1.29, 1.82) is 0 Å². The number of carboxylic acids is 1. The molecule has 0 aliphatic rings. The first-order valence-corrected chi connectivity index (χ1v) is 7.21. The molecule has 1 unspecified atom stereocenters. The second-order valence-electron chi connectivity index (χ2n) is 3.52. The molecule has 0 radical (unpaired) electrons. The molecule has 0 fully saturated rings. The average molecular weight is 260 g/mol. The molecule has 0 aromatic carbocycles. The van der Waals surface area contributed by atoms with E-state index in [1.54, 1.807) is 18.0 Å². The molecule has 4 nitrogen and oxygen atoms in total. The predicted octanol–water partition coefficient (Wildman–Crippen LogP) is 2.12. The zero-order valence-electron chi connectivity index (χ0n) is 9.64. The normalized spacial score (nSPS) is 12.7. The Labute approximate surface area is 104 Å². The molecule has 0 saturated carbocycles. The van der Waals surface area contributed by atoms with Crippen molar-refractivity contribution in [3.8, 4) is 0 Å². The van der Waals surface area contributed by atoms with E-state index in [1.165, 1.54) is 11.8 Å². The maximum absolute atomic E-state index is 10.5. The third-order valence-electron chi connectivity index (χ3n) is 2.19. The summed E-state index contributed by atoms with van der Waals surface area (Å²) in [4.78, 5) is 14.7. The van der Waals surface area contributed by atoms with Gasteiger partial charge in [0, 0.05) is 23.7 Å². The van der Waals surface area contributed by atoms with Gasteiger partial charge >= 0.3 is 5.97 Å². The number of hydrogen-bond acceptors (Lipinski definition) is 4. The van der Waals surface area contributed by atoms with Crippen LogP contribution in [0.5, 0.6) is 0 Å². The molecule has 1 aromatic heterocycles. The number of aromatic nitrogens is 2. The largest absolute Gasteiger partial charge is 0.481 e. The van der Waals surface area contributed by atoms with Crippen molar-refractivity contribution in [2.24, 2.45) is 0 Å². The molecule has 90 valence electrons. The molecule has 0 aliphatic heterocycles. The molecule has 0 saturated heterocycles. The van der Waals surface area contributed by atoms with Crippen LogP contribution in [0.1, 0.15) is 12.6 Å². The number of aryl methyl sites for hydroxylation is 1. The Balaban J connectivity index is 2.73. The van der Waals surface area contributed by atoms with E-state index in [0.29, 0.717) is 5.25 Å². The van der Waals surface area contributed by atoms with E-state index in [9.17, 15) is 4.79 Å². The van der Waals surface area contributed by atoms with Gasteiger partial charge in [-0.1, -0.05) is 18.7 Å². The van der Waals surface area contributed by atoms with Crippen LogP contribution in [-0.4, -0.2) is 37.9 Å². The molecule has 1 heterocycles. The second kappa shape index (κ2) is 6.20. The summed E-state index contributed by atoms with van der Waals surface area (Å²) in [6.07, 6.45) is 3.86. The van der Waals surface area contributed by atoms with Crippen molar-refractivity contribution in [1.82, 2.24) is 9.55 Å². The van der Waals surface area contributed by atoms with Gasteiger partial charge in [0.1, 0.15) is 0 Å². The Morgan fingerprint density at radius 3 is 2.94 bits per heavy atom. The molecule has 0 bridgehead atoms. The number of hydrogen-bond donors (Lipinski definition) is 1. The maximum atomic E-state index is 10.5. The summed E-state index contributed by atoms with van der Waals surface area (Å²) in [6, 6.07) is 0. The number of thioether (sulfide) groups is 2. The first-order valence-electron chi connectivity index (χ1n) is 4.94. The van der Waals surface area contributed by atoms with Gasteiger partial charge in [-0.05, 0) is 13.2 Å². The fourth-order valence-corrected chi connectivity index (χ4v) is 2.29.